The molecule has 0 aromatic heterocycles. The Morgan fingerprint density at radius 2 is 1.82 bits per heavy atom. The van der Waals surface area contributed by atoms with Gasteiger partial charge in [0, 0.05) is 6.54 Å². The van der Waals surface area contributed by atoms with Crippen molar-refractivity contribution in [2.45, 2.75) is 47.5 Å². The number of hydrogen-bond acceptors (Lipinski definition) is 3. The summed E-state index contributed by atoms with van der Waals surface area (Å²) in [6.45, 7) is 14.5. The van der Waals surface area contributed by atoms with Gasteiger partial charge >= 0.3 is 0 Å². The predicted molar refractivity (Wildman–Crippen MR) is 73.6 cm³/mol. The number of nitrogens with zero attached hydrogens (tertiary/aromatic N) is 2. The molecule has 0 aromatic carbocycles. The molecule has 0 amide bonds. The van der Waals surface area contributed by atoms with Gasteiger partial charge in [0.25, 0.3) is 0 Å². The predicted octanol–water partition coefficient (Wildman–Crippen LogP) is 2.62. The van der Waals surface area contributed by atoms with Crippen LogP contribution in [0.5, 0.6) is 0 Å². The fourth-order valence-corrected chi connectivity index (χ4v) is 1.82. The second kappa shape index (κ2) is 6.98. The van der Waals surface area contributed by atoms with E-state index in [2.05, 4.69) is 31.7 Å². The summed E-state index contributed by atoms with van der Waals surface area (Å²) in [6, 6.07) is 2.35. The van der Waals surface area contributed by atoms with E-state index in [-0.39, 0.29) is 10.8 Å². The first-order valence-electron chi connectivity index (χ1n) is 6.60. The minimum Gasteiger partial charge on any atom is -0.330 e. The van der Waals surface area contributed by atoms with Crippen molar-refractivity contribution < 1.29 is 0 Å². The molecule has 0 saturated carbocycles. The first-order chi connectivity index (χ1) is 7.76. The largest absolute Gasteiger partial charge is 0.330 e. The Bertz CT molecular complexity index is 251. The third kappa shape index (κ3) is 7.36. The van der Waals surface area contributed by atoms with Gasteiger partial charge in [0.1, 0.15) is 0 Å². The second-order valence-electron chi connectivity index (χ2n) is 6.34. The van der Waals surface area contributed by atoms with Crippen LogP contribution in [0.1, 0.15) is 47.5 Å². The topological polar surface area (TPSA) is 53.0 Å². The SMILES string of the molecule is CCN(CCCC(C)(C)C#N)CC(C)(C)CN. The summed E-state index contributed by atoms with van der Waals surface area (Å²) in [5.74, 6) is 0. The molecule has 0 aliphatic carbocycles. The summed E-state index contributed by atoms with van der Waals surface area (Å²) in [7, 11) is 0. The molecular weight excluding hydrogens is 210 g/mol. The Labute approximate surface area is 107 Å². The second-order valence-corrected chi connectivity index (χ2v) is 6.34. The van der Waals surface area contributed by atoms with Crippen LogP contribution in [-0.4, -0.2) is 31.1 Å². The molecule has 0 atom stereocenters. The van der Waals surface area contributed by atoms with E-state index in [9.17, 15) is 0 Å². The van der Waals surface area contributed by atoms with Crippen LogP contribution in [-0.2, 0) is 0 Å². The minimum absolute atomic E-state index is 0.181. The molecule has 0 aromatic rings. The third-order valence-corrected chi connectivity index (χ3v) is 3.23. The van der Waals surface area contributed by atoms with Crippen LogP contribution >= 0.6 is 0 Å². The summed E-state index contributed by atoms with van der Waals surface area (Å²) >= 11 is 0. The highest BCUT2D eigenvalue weighted by molar-refractivity contribution is 4.91. The van der Waals surface area contributed by atoms with Crippen LogP contribution in [0.25, 0.3) is 0 Å². The summed E-state index contributed by atoms with van der Waals surface area (Å²) in [5, 5.41) is 8.96. The fourth-order valence-electron chi connectivity index (χ4n) is 1.82. The highest BCUT2D eigenvalue weighted by Crippen LogP contribution is 2.21. The Morgan fingerprint density at radius 3 is 2.24 bits per heavy atom. The zero-order valence-corrected chi connectivity index (χ0v) is 12.2. The van der Waals surface area contributed by atoms with Gasteiger partial charge in [0.15, 0.2) is 0 Å². The Balaban J connectivity index is 4.05. The van der Waals surface area contributed by atoms with Crippen molar-refractivity contribution in [3.63, 3.8) is 0 Å². The van der Waals surface area contributed by atoms with Crippen LogP contribution in [0.2, 0.25) is 0 Å². The van der Waals surface area contributed by atoms with Crippen LogP contribution in [0.3, 0.4) is 0 Å². The lowest BCUT2D eigenvalue weighted by molar-refractivity contribution is 0.183. The molecule has 17 heavy (non-hydrogen) atoms. The van der Waals surface area contributed by atoms with Gasteiger partial charge < -0.3 is 10.6 Å². The first kappa shape index (κ1) is 16.4. The van der Waals surface area contributed by atoms with Gasteiger partial charge in [-0.3, -0.25) is 0 Å². The smallest absolute Gasteiger partial charge is 0.0683 e. The molecule has 0 rings (SSSR count). The van der Waals surface area contributed by atoms with Crippen molar-refractivity contribution in [1.29, 1.82) is 5.26 Å². The van der Waals surface area contributed by atoms with Crippen molar-refractivity contribution in [3.05, 3.63) is 0 Å². The Morgan fingerprint density at radius 1 is 1.24 bits per heavy atom. The summed E-state index contributed by atoms with van der Waals surface area (Å²) in [5.41, 5.74) is 5.75. The lowest BCUT2D eigenvalue weighted by atomic mass is 9.89. The van der Waals surface area contributed by atoms with Crippen molar-refractivity contribution in [2.24, 2.45) is 16.6 Å². The van der Waals surface area contributed by atoms with Gasteiger partial charge in [0.05, 0.1) is 11.5 Å². The highest BCUT2D eigenvalue weighted by atomic mass is 15.1. The molecule has 0 unspecified atom stereocenters. The Hall–Kier alpha value is -0.590. The lowest BCUT2D eigenvalue weighted by Gasteiger charge is -2.31. The van der Waals surface area contributed by atoms with E-state index in [1.165, 1.54) is 0 Å². The molecule has 2 N–H and O–H groups in total. The quantitative estimate of drug-likeness (QED) is 0.708. The standard InChI is InChI=1S/C14H29N3/c1-6-17(12-14(4,5)11-16)9-7-8-13(2,3)10-15/h6-9,11-12,16H2,1-5H3. The maximum atomic E-state index is 8.96. The number of rotatable bonds is 8. The maximum absolute atomic E-state index is 8.96. The van der Waals surface area contributed by atoms with Gasteiger partial charge in [-0.05, 0) is 51.7 Å². The van der Waals surface area contributed by atoms with Crippen molar-refractivity contribution >= 4 is 0 Å². The van der Waals surface area contributed by atoms with Crippen molar-refractivity contribution in [1.82, 2.24) is 4.90 Å². The summed E-state index contributed by atoms with van der Waals surface area (Å²) < 4.78 is 0. The first-order valence-corrected chi connectivity index (χ1v) is 6.60. The van der Waals surface area contributed by atoms with E-state index in [4.69, 9.17) is 11.0 Å². The van der Waals surface area contributed by atoms with Crippen LogP contribution in [0.4, 0.5) is 0 Å². The minimum atomic E-state index is -0.192. The molecular formula is C14H29N3. The molecule has 0 radical (unpaired) electrons. The van der Waals surface area contributed by atoms with Crippen LogP contribution in [0, 0.1) is 22.2 Å². The molecule has 0 bridgehead atoms. The molecule has 100 valence electrons. The average Bonchev–Trinajstić information content (AvgIpc) is 2.27. The normalized spacial score (nSPS) is 12.8. The van der Waals surface area contributed by atoms with E-state index >= 15 is 0 Å². The average molecular weight is 239 g/mol. The van der Waals surface area contributed by atoms with E-state index in [0.29, 0.717) is 6.54 Å². The van der Waals surface area contributed by atoms with Crippen LogP contribution in [0.15, 0.2) is 0 Å². The van der Waals surface area contributed by atoms with Gasteiger partial charge in [-0.25, -0.2) is 0 Å². The highest BCUT2D eigenvalue weighted by Gasteiger charge is 2.20. The van der Waals surface area contributed by atoms with E-state index in [0.717, 1.165) is 32.5 Å². The van der Waals surface area contributed by atoms with Gasteiger partial charge in [-0.1, -0.05) is 20.8 Å². The molecule has 0 heterocycles. The van der Waals surface area contributed by atoms with Crippen molar-refractivity contribution in [2.75, 3.05) is 26.2 Å². The van der Waals surface area contributed by atoms with Gasteiger partial charge in [-0.2, -0.15) is 5.26 Å². The zero-order valence-electron chi connectivity index (χ0n) is 12.2. The molecule has 0 aliphatic rings. The van der Waals surface area contributed by atoms with Crippen molar-refractivity contribution in [3.8, 4) is 6.07 Å². The van der Waals surface area contributed by atoms with E-state index in [1.807, 2.05) is 13.8 Å². The summed E-state index contributed by atoms with van der Waals surface area (Å²) in [4.78, 5) is 2.43. The van der Waals surface area contributed by atoms with E-state index < -0.39 is 0 Å². The molecule has 3 heteroatoms. The molecule has 0 spiro atoms. The number of nitriles is 1. The van der Waals surface area contributed by atoms with Gasteiger partial charge in [0.2, 0.25) is 0 Å². The monoisotopic (exact) mass is 239 g/mol. The number of nitrogens with two attached hydrogens (primary N) is 1. The third-order valence-electron chi connectivity index (χ3n) is 3.23. The zero-order chi connectivity index (χ0) is 13.5. The maximum Gasteiger partial charge on any atom is 0.0683 e. The molecule has 0 aliphatic heterocycles. The fraction of sp³-hybridized carbons (Fsp3) is 0.929. The van der Waals surface area contributed by atoms with Crippen LogP contribution < -0.4 is 5.73 Å². The summed E-state index contributed by atoms with van der Waals surface area (Å²) in [6.07, 6.45) is 2.04. The Kier molecular flexibility index (Phi) is 6.74. The van der Waals surface area contributed by atoms with Gasteiger partial charge in [-0.15, -0.1) is 0 Å². The molecule has 0 saturated heterocycles. The molecule has 3 nitrogen and oxygen atoms in total. The molecule has 0 fully saturated rings. The lowest BCUT2D eigenvalue weighted by Crippen LogP contribution is -2.39. The number of hydrogen-bond donors (Lipinski definition) is 1. The van der Waals surface area contributed by atoms with E-state index in [1.54, 1.807) is 0 Å².